The van der Waals surface area contributed by atoms with Gasteiger partial charge in [-0.2, -0.15) is 0 Å². The van der Waals surface area contributed by atoms with Gasteiger partial charge in [-0.05, 0) is 12.8 Å². The first-order chi connectivity index (χ1) is 7.61. The number of aliphatic carboxylic acids is 1. The van der Waals surface area contributed by atoms with E-state index in [0.29, 0.717) is 12.8 Å². The summed E-state index contributed by atoms with van der Waals surface area (Å²) in [5.74, 6) is -2.01. The molecule has 0 aliphatic carbocycles. The molecule has 5 nitrogen and oxygen atoms in total. The Hall–Kier alpha value is -1.39. The third-order valence-corrected chi connectivity index (χ3v) is 2.70. The van der Waals surface area contributed by atoms with Crippen molar-refractivity contribution < 1.29 is 19.5 Å². The third kappa shape index (κ3) is 4.00. The van der Waals surface area contributed by atoms with E-state index in [4.69, 9.17) is 5.11 Å². The van der Waals surface area contributed by atoms with Crippen LogP contribution in [0.3, 0.4) is 0 Å². The molecule has 0 aromatic rings. The molecule has 1 aliphatic heterocycles. The smallest absolute Gasteiger partial charge is 0.334 e. The molecule has 1 rings (SSSR count). The molecule has 1 aliphatic rings. The lowest BCUT2D eigenvalue weighted by Crippen LogP contribution is -2.46. The first-order valence-electron chi connectivity index (χ1n) is 5.66. The fourth-order valence-corrected chi connectivity index (χ4v) is 1.77. The van der Waals surface area contributed by atoms with Crippen LogP contribution >= 0.6 is 0 Å². The van der Waals surface area contributed by atoms with Crippen molar-refractivity contribution in [3.8, 4) is 0 Å². The zero-order chi connectivity index (χ0) is 12.0. The van der Waals surface area contributed by atoms with E-state index in [1.165, 1.54) is 0 Å². The van der Waals surface area contributed by atoms with Crippen LogP contribution in [0.2, 0.25) is 0 Å². The van der Waals surface area contributed by atoms with Crippen molar-refractivity contribution in [1.29, 1.82) is 0 Å². The molecule has 0 saturated carbocycles. The molecule has 1 atom stereocenters. The van der Waals surface area contributed by atoms with Gasteiger partial charge in [-0.25, -0.2) is 4.79 Å². The van der Waals surface area contributed by atoms with E-state index < -0.39 is 17.8 Å². The Morgan fingerprint density at radius 3 is 2.25 bits per heavy atom. The maximum absolute atomic E-state index is 11.5. The topological polar surface area (TPSA) is 83.5 Å². The fraction of sp³-hybridized carbons (Fsp3) is 0.727. The lowest BCUT2D eigenvalue weighted by Gasteiger charge is -2.12. The number of ketones is 1. The van der Waals surface area contributed by atoms with Crippen molar-refractivity contribution in [2.45, 2.75) is 51.0 Å². The van der Waals surface area contributed by atoms with Crippen LogP contribution < -0.4 is 5.32 Å². The van der Waals surface area contributed by atoms with Crippen molar-refractivity contribution in [3.63, 3.8) is 0 Å². The van der Waals surface area contributed by atoms with Crippen LogP contribution in [-0.4, -0.2) is 28.8 Å². The molecule has 2 N–H and O–H groups in total. The molecular weight excluding hydrogens is 210 g/mol. The van der Waals surface area contributed by atoms with Crippen LogP contribution in [0.15, 0.2) is 0 Å². The average molecular weight is 227 g/mol. The van der Waals surface area contributed by atoms with E-state index in [0.717, 1.165) is 25.7 Å². The van der Waals surface area contributed by atoms with Gasteiger partial charge in [-0.1, -0.05) is 19.3 Å². The molecule has 1 saturated heterocycles. The lowest BCUT2D eigenvalue weighted by atomic mass is 10.1. The van der Waals surface area contributed by atoms with Crippen molar-refractivity contribution >= 4 is 17.7 Å². The van der Waals surface area contributed by atoms with Gasteiger partial charge in [0, 0.05) is 12.8 Å². The van der Waals surface area contributed by atoms with Gasteiger partial charge in [0.25, 0.3) is 0 Å². The third-order valence-electron chi connectivity index (χ3n) is 2.70. The number of Topliss-reactive ketones (excluding diaryl/α,β-unsaturated/α-hetero) is 1. The summed E-state index contributed by atoms with van der Waals surface area (Å²) in [6.45, 7) is 0. The molecule has 1 fully saturated rings. The summed E-state index contributed by atoms with van der Waals surface area (Å²) in [7, 11) is 0. The maximum atomic E-state index is 11.5. The van der Waals surface area contributed by atoms with E-state index in [9.17, 15) is 14.4 Å². The molecule has 5 heteroatoms. The molecule has 1 amide bonds. The second kappa shape index (κ2) is 6.25. The molecule has 0 radical (unpaired) electrons. The van der Waals surface area contributed by atoms with E-state index in [1.54, 1.807) is 0 Å². The second-order valence-corrected chi connectivity index (χ2v) is 4.07. The highest BCUT2D eigenvalue weighted by Crippen LogP contribution is 2.10. The number of amides is 1. The Balaban J connectivity index is 2.66. The first kappa shape index (κ1) is 12.7. The van der Waals surface area contributed by atoms with Gasteiger partial charge in [0.15, 0.2) is 11.8 Å². The fourth-order valence-electron chi connectivity index (χ4n) is 1.77. The normalized spacial score (nSPS) is 24.4. The Kier molecular flexibility index (Phi) is 4.95. The van der Waals surface area contributed by atoms with Gasteiger partial charge < -0.3 is 10.4 Å². The summed E-state index contributed by atoms with van der Waals surface area (Å²) in [6.07, 6.45) is 4.88. The van der Waals surface area contributed by atoms with Crippen LogP contribution in [0.4, 0.5) is 0 Å². The predicted molar refractivity (Wildman–Crippen MR) is 56.9 cm³/mol. The zero-order valence-corrected chi connectivity index (χ0v) is 9.20. The highest BCUT2D eigenvalue weighted by atomic mass is 16.4. The van der Waals surface area contributed by atoms with Crippen molar-refractivity contribution in [2.24, 2.45) is 0 Å². The molecule has 1 heterocycles. The number of carbonyl (C=O) groups is 3. The SMILES string of the molecule is O=C1CCCCCCCC(=O)C(C(=O)O)N1. The average Bonchev–Trinajstić information content (AvgIpc) is 2.26. The standard InChI is InChI=1S/C11H17NO4/c13-8-6-4-2-1-3-5-7-9(14)12-10(8)11(15)16/h10H,1-7H2,(H,12,14)(H,15,16). The lowest BCUT2D eigenvalue weighted by molar-refractivity contribution is -0.145. The largest absolute Gasteiger partial charge is 0.479 e. The maximum Gasteiger partial charge on any atom is 0.334 e. The first-order valence-corrected chi connectivity index (χ1v) is 5.66. The summed E-state index contributed by atoms with van der Waals surface area (Å²) in [5, 5.41) is 11.1. The molecule has 0 aromatic carbocycles. The number of nitrogens with one attached hydrogen (secondary N) is 1. The Morgan fingerprint density at radius 1 is 1.06 bits per heavy atom. The summed E-state index contributed by atoms with van der Waals surface area (Å²) >= 11 is 0. The highest BCUT2D eigenvalue weighted by molar-refractivity contribution is 6.05. The number of hydrogen-bond acceptors (Lipinski definition) is 3. The Morgan fingerprint density at radius 2 is 1.62 bits per heavy atom. The number of rotatable bonds is 1. The van der Waals surface area contributed by atoms with Gasteiger partial charge in [0.1, 0.15) is 0 Å². The number of hydrogen-bond donors (Lipinski definition) is 2. The quantitative estimate of drug-likeness (QED) is 0.651. The zero-order valence-electron chi connectivity index (χ0n) is 9.20. The Bertz CT molecular complexity index is 288. The highest BCUT2D eigenvalue weighted by Gasteiger charge is 2.27. The number of carbonyl (C=O) groups excluding carboxylic acids is 2. The van der Waals surface area contributed by atoms with Gasteiger partial charge in [-0.15, -0.1) is 0 Å². The van der Waals surface area contributed by atoms with E-state index >= 15 is 0 Å². The minimum atomic E-state index is -1.36. The van der Waals surface area contributed by atoms with Crippen molar-refractivity contribution in [1.82, 2.24) is 5.32 Å². The van der Waals surface area contributed by atoms with Crippen LogP contribution in [0.25, 0.3) is 0 Å². The summed E-state index contributed by atoms with van der Waals surface area (Å²) < 4.78 is 0. The van der Waals surface area contributed by atoms with E-state index in [1.807, 2.05) is 0 Å². The van der Waals surface area contributed by atoms with Gasteiger partial charge in [0.2, 0.25) is 5.91 Å². The van der Waals surface area contributed by atoms with Crippen LogP contribution in [-0.2, 0) is 14.4 Å². The van der Waals surface area contributed by atoms with E-state index in [-0.39, 0.29) is 12.3 Å². The molecule has 0 spiro atoms. The van der Waals surface area contributed by atoms with Gasteiger partial charge in [-0.3, -0.25) is 9.59 Å². The number of carboxylic acids is 1. The molecular formula is C11H17NO4. The summed E-state index contributed by atoms with van der Waals surface area (Å²) in [4.78, 5) is 33.7. The van der Waals surface area contributed by atoms with Crippen LogP contribution in [0.1, 0.15) is 44.9 Å². The van der Waals surface area contributed by atoms with Gasteiger partial charge >= 0.3 is 5.97 Å². The Labute approximate surface area is 94.2 Å². The minimum Gasteiger partial charge on any atom is -0.479 e. The molecule has 90 valence electrons. The molecule has 0 bridgehead atoms. The van der Waals surface area contributed by atoms with Gasteiger partial charge in [0.05, 0.1) is 0 Å². The molecule has 1 unspecified atom stereocenters. The minimum absolute atomic E-state index is 0.233. The summed E-state index contributed by atoms with van der Waals surface area (Å²) in [5.41, 5.74) is 0. The summed E-state index contributed by atoms with van der Waals surface area (Å²) in [6, 6.07) is -1.36. The van der Waals surface area contributed by atoms with Crippen LogP contribution in [0, 0.1) is 0 Å². The van der Waals surface area contributed by atoms with Crippen molar-refractivity contribution in [2.75, 3.05) is 0 Å². The molecule has 0 aromatic heterocycles. The predicted octanol–water partition coefficient (Wildman–Crippen LogP) is 0.869. The number of carboxylic acid groups (broad SMARTS) is 1. The van der Waals surface area contributed by atoms with Crippen LogP contribution in [0.5, 0.6) is 0 Å². The van der Waals surface area contributed by atoms with Crippen molar-refractivity contribution in [3.05, 3.63) is 0 Å². The second-order valence-electron chi connectivity index (χ2n) is 4.07. The van der Waals surface area contributed by atoms with E-state index in [2.05, 4.69) is 5.32 Å². The molecule has 16 heavy (non-hydrogen) atoms. The monoisotopic (exact) mass is 227 g/mol.